The van der Waals surface area contributed by atoms with E-state index >= 15 is 0 Å². The Labute approximate surface area is 96.5 Å². The van der Waals surface area contributed by atoms with E-state index in [4.69, 9.17) is 4.98 Å². The van der Waals surface area contributed by atoms with Crippen molar-refractivity contribution in [2.24, 2.45) is 11.8 Å². The molecule has 16 heavy (non-hydrogen) atoms. The zero-order valence-corrected chi connectivity index (χ0v) is 9.90. The molecule has 1 aromatic carbocycles. The molecule has 1 aliphatic carbocycles. The second kappa shape index (κ2) is 3.58. The predicted molar refractivity (Wildman–Crippen MR) is 67.5 cm³/mol. The molecule has 0 radical (unpaired) electrons. The molecule has 0 saturated carbocycles. The van der Waals surface area contributed by atoms with E-state index in [2.05, 4.69) is 44.2 Å². The molecule has 0 spiro atoms. The molecule has 82 valence electrons. The number of rotatable bonds is 0. The van der Waals surface area contributed by atoms with E-state index < -0.39 is 0 Å². The molecule has 2 unspecified atom stereocenters. The fourth-order valence-electron chi connectivity index (χ4n) is 2.61. The van der Waals surface area contributed by atoms with Gasteiger partial charge in [0, 0.05) is 11.1 Å². The number of nitrogens with zero attached hydrogens (tertiary/aromatic N) is 1. The van der Waals surface area contributed by atoms with Gasteiger partial charge in [0.05, 0.1) is 5.52 Å². The molecule has 0 aliphatic heterocycles. The smallest absolute Gasteiger partial charge is 0.0705 e. The minimum atomic E-state index is 0.765. The van der Waals surface area contributed by atoms with Gasteiger partial charge in [-0.1, -0.05) is 32.0 Å². The summed E-state index contributed by atoms with van der Waals surface area (Å²) in [7, 11) is 0. The normalized spacial score (nSPS) is 24.4. The Morgan fingerprint density at radius 3 is 2.69 bits per heavy atom. The van der Waals surface area contributed by atoms with E-state index in [1.807, 2.05) is 0 Å². The van der Waals surface area contributed by atoms with Gasteiger partial charge >= 0.3 is 0 Å². The highest BCUT2D eigenvalue weighted by Gasteiger charge is 2.22. The quantitative estimate of drug-likeness (QED) is 0.648. The third-order valence-corrected chi connectivity index (χ3v) is 3.92. The number of hydrogen-bond acceptors (Lipinski definition) is 1. The SMILES string of the molecule is CC1Cc2cc3ccccc3nc2CC1C. The van der Waals surface area contributed by atoms with Crippen LogP contribution in [0.4, 0.5) is 0 Å². The second-order valence-electron chi connectivity index (χ2n) is 5.15. The van der Waals surface area contributed by atoms with Crippen LogP contribution in [0.25, 0.3) is 10.9 Å². The first-order valence-electron chi connectivity index (χ1n) is 6.11. The molecule has 0 fully saturated rings. The fourth-order valence-corrected chi connectivity index (χ4v) is 2.61. The lowest BCUT2D eigenvalue weighted by molar-refractivity contribution is 0.357. The highest BCUT2D eigenvalue weighted by Crippen LogP contribution is 2.30. The molecule has 1 aromatic heterocycles. The Balaban J connectivity index is 2.17. The lowest BCUT2D eigenvalue weighted by atomic mass is 9.80. The first-order chi connectivity index (χ1) is 7.74. The molecular weight excluding hydrogens is 194 g/mol. The van der Waals surface area contributed by atoms with Crippen molar-refractivity contribution in [2.75, 3.05) is 0 Å². The zero-order valence-electron chi connectivity index (χ0n) is 9.90. The standard InChI is InChI=1S/C15H17N/c1-10-7-13-9-12-5-3-4-6-14(12)16-15(13)8-11(10)2/h3-6,9-11H,7-8H2,1-2H3. The summed E-state index contributed by atoms with van der Waals surface area (Å²) in [5.74, 6) is 1.55. The summed E-state index contributed by atoms with van der Waals surface area (Å²) < 4.78 is 0. The van der Waals surface area contributed by atoms with Crippen LogP contribution >= 0.6 is 0 Å². The maximum atomic E-state index is 4.80. The highest BCUT2D eigenvalue weighted by atomic mass is 14.7. The third-order valence-electron chi connectivity index (χ3n) is 3.92. The van der Waals surface area contributed by atoms with Crippen molar-refractivity contribution >= 4 is 10.9 Å². The monoisotopic (exact) mass is 211 g/mol. The largest absolute Gasteiger partial charge is 0.253 e. The van der Waals surface area contributed by atoms with Crippen LogP contribution in [0, 0.1) is 11.8 Å². The molecule has 2 atom stereocenters. The van der Waals surface area contributed by atoms with E-state index in [1.165, 1.54) is 23.1 Å². The van der Waals surface area contributed by atoms with E-state index in [-0.39, 0.29) is 0 Å². The number of fused-ring (bicyclic) bond motifs is 2. The van der Waals surface area contributed by atoms with Crippen LogP contribution in [0.3, 0.4) is 0 Å². The zero-order chi connectivity index (χ0) is 11.1. The predicted octanol–water partition coefficient (Wildman–Crippen LogP) is 3.61. The van der Waals surface area contributed by atoms with Crippen molar-refractivity contribution in [3.05, 3.63) is 41.6 Å². The summed E-state index contributed by atoms with van der Waals surface area (Å²) in [6.45, 7) is 4.69. The molecule has 1 nitrogen and oxygen atoms in total. The number of hydrogen-bond donors (Lipinski definition) is 0. The maximum Gasteiger partial charge on any atom is 0.0705 e. The van der Waals surface area contributed by atoms with Gasteiger partial charge in [-0.25, -0.2) is 0 Å². The van der Waals surface area contributed by atoms with Crippen molar-refractivity contribution in [1.82, 2.24) is 4.98 Å². The van der Waals surface area contributed by atoms with Crippen molar-refractivity contribution < 1.29 is 0 Å². The number of para-hydroxylation sites is 1. The van der Waals surface area contributed by atoms with E-state index in [0.717, 1.165) is 23.8 Å². The average molecular weight is 211 g/mol. The number of benzene rings is 1. The molecule has 0 saturated heterocycles. The van der Waals surface area contributed by atoms with Gasteiger partial charge in [0.1, 0.15) is 0 Å². The maximum absolute atomic E-state index is 4.80. The minimum Gasteiger partial charge on any atom is -0.253 e. The highest BCUT2D eigenvalue weighted by molar-refractivity contribution is 5.79. The van der Waals surface area contributed by atoms with Crippen LogP contribution in [0.1, 0.15) is 25.1 Å². The number of aromatic nitrogens is 1. The van der Waals surface area contributed by atoms with Crippen LogP contribution in [0.2, 0.25) is 0 Å². The van der Waals surface area contributed by atoms with E-state index in [1.54, 1.807) is 0 Å². The molecule has 2 aromatic rings. The Hall–Kier alpha value is -1.37. The Kier molecular flexibility index (Phi) is 2.20. The van der Waals surface area contributed by atoms with Crippen molar-refractivity contribution in [3.8, 4) is 0 Å². The molecule has 0 bridgehead atoms. The first-order valence-corrected chi connectivity index (χ1v) is 6.11. The van der Waals surface area contributed by atoms with Gasteiger partial charge in [0.15, 0.2) is 0 Å². The summed E-state index contributed by atoms with van der Waals surface area (Å²) in [5, 5.41) is 1.28. The summed E-state index contributed by atoms with van der Waals surface area (Å²) in [6, 6.07) is 10.8. The van der Waals surface area contributed by atoms with E-state index in [0.29, 0.717) is 0 Å². The van der Waals surface area contributed by atoms with Crippen LogP contribution < -0.4 is 0 Å². The van der Waals surface area contributed by atoms with Crippen LogP contribution in [-0.2, 0) is 12.8 Å². The van der Waals surface area contributed by atoms with Gasteiger partial charge in [-0.2, -0.15) is 0 Å². The van der Waals surface area contributed by atoms with Crippen LogP contribution in [0.5, 0.6) is 0 Å². The van der Waals surface area contributed by atoms with Gasteiger partial charge in [-0.3, -0.25) is 4.98 Å². The van der Waals surface area contributed by atoms with Crippen LogP contribution in [-0.4, -0.2) is 4.98 Å². The summed E-state index contributed by atoms with van der Waals surface area (Å²) in [5.41, 5.74) is 3.93. The van der Waals surface area contributed by atoms with Gasteiger partial charge in [-0.05, 0) is 42.4 Å². The van der Waals surface area contributed by atoms with Crippen molar-refractivity contribution in [1.29, 1.82) is 0 Å². The Morgan fingerprint density at radius 1 is 1.06 bits per heavy atom. The van der Waals surface area contributed by atoms with Crippen molar-refractivity contribution in [2.45, 2.75) is 26.7 Å². The number of pyridine rings is 1. The van der Waals surface area contributed by atoms with Gasteiger partial charge in [0.2, 0.25) is 0 Å². The van der Waals surface area contributed by atoms with Gasteiger partial charge in [0.25, 0.3) is 0 Å². The first kappa shape index (κ1) is 9.83. The molecular formula is C15H17N. The summed E-state index contributed by atoms with van der Waals surface area (Å²) >= 11 is 0. The Morgan fingerprint density at radius 2 is 1.81 bits per heavy atom. The third kappa shape index (κ3) is 1.51. The lowest BCUT2D eigenvalue weighted by Crippen LogP contribution is -2.21. The topological polar surface area (TPSA) is 12.9 Å². The molecule has 3 rings (SSSR count). The van der Waals surface area contributed by atoms with E-state index in [9.17, 15) is 0 Å². The van der Waals surface area contributed by atoms with Crippen molar-refractivity contribution in [3.63, 3.8) is 0 Å². The van der Waals surface area contributed by atoms with Gasteiger partial charge < -0.3 is 0 Å². The molecule has 1 aliphatic rings. The molecule has 0 N–H and O–H groups in total. The van der Waals surface area contributed by atoms with Crippen LogP contribution in [0.15, 0.2) is 30.3 Å². The minimum absolute atomic E-state index is 0.765. The summed E-state index contributed by atoms with van der Waals surface area (Å²) in [4.78, 5) is 4.80. The molecule has 1 heterocycles. The molecule has 0 amide bonds. The fraction of sp³-hybridized carbons (Fsp3) is 0.400. The molecule has 1 heteroatoms. The Bertz CT molecular complexity index is 481. The van der Waals surface area contributed by atoms with Gasteiger partial charge in [-0.15, -0.1) is 0 Å². The lowest BCUT2D eigenvalue weighted by Gasteiger charge is -2.27. The second-order valence-corrected chi connectivity index (χ2v) is 5.15. The average Bonchev–Trinajstić information content (AvgIpc) is 2.28. The summed E-state index contributed by atoms with van der Waals surface area (Å²) in [6.07, 6.45) is 2.33.